The highest BCUT2D eigenvalue weighted by molar-refractivity contribution is 7.92. The SMILES string of the molecule is CCCCCCCCCC[N+]1(CCCCCCCCCC)C(C2=CC(C)(C)N(CC)c3ccccc32)S1(=O)=O. The number of rotatable bonds is 20. The van der Waals surface area contributed by atoms with E-state index < -0.39 is 15.4 Å². The number of likely N-dealkylation sites (N-methyl/N-ethyl adjacent to an activating group) is 1. The molecule has 39 heavy (non-hydrogen) atoms. The first-order valence-corrected chi connectivity index (χ1v) is 18.0. The van der Waals surface area contributed by atoms with Gasteiger partial charge < -0.3 is 4.90 Å². The Labute approximate surface area is 241 Å². The topological polar surface area (TPSA) is 37.4 Å². The van der Waals surface area contributed by atoms with Crippen LogP contribution in [0.2, 0.25) is 0 Å². The first kappa shape index (κ1) is 32.2. The zero-order valence-electron chi connectivity index (χ0n) is 26.0. The zero-order valence-corrected chi connectivity index (χ0v) is 26.8. The normalized spacial score (nSPS) is 20.5. The van der Waals surface area contributed by atoms with E-state index >= 15 is 0 Å². The zero-order chi connectivity index (χ0) is 28.4. The second-order valence-corrected chi connectivity index (χ2v) is 14.9. The molecule has 1 unspecified atom stereocenters. The van der Waals surface area contributed by atoms with Gasteiger partial charge in [0.15, 0.2) is 0 Å². The van der Waals surface area contributed by atoms with Gasteiger partial charge in [0, 0.05) is 23.4 Å². The van der Waals surface area contributed by atoms with Crippen molar-refractivity contribution in [2.45, 2.75) is 148 Å². The van der Waals surface area contributed by atoms with E-state index in [-0.39, 0.29) is 5.54 Å². The molecular weight excluding hydrogens is 500 g/mol. The third-order valence-corrected chi connectivity index (χ3v) is 11.8. The second-order valence-electron chi connectivity index (χ2n) is 12.7. The first-order valence-electron chi connectivity index (χ1n) is 16.5. The number of quaternary nitrogens is 1. The molecule has 0 amide bonds. The van der Waals surface area contributed by atoms with Crippen LogP contribution in [0.1, 0.15) is 143 Å². The summed E-state index contributed by atoms with van der Waals surface area (Å²) in [6.45, 7) is 13.6. The lowest BCUT2D eigenvalue weighted by atomic mass is 9.87. The largest absolute Gasteiger partial charge is 0.363 e. The summed E-state index contributed by atoms with van der Waals surface area (Å²) >= 11 is 0. The van der Waals surface area contributed by atoms with E-state index in [4.69, 9.17) is 0 Å². The maximum Gasteiger partial charge on any atom is 0.358 e. The van der Waals surface area contributed by atoms with Gasteiger partial charge in [-0.15, -0.1) is 0 Å². The Hall–Kier alpha value is -1.33. The third kappa shape index (κ3) is 7.70. The van der Waals surface area contributed by atoms with Crippen molar-refractivity contribution < 1.29 is 12.3 Å². The van der Waals surface area contributed by atoms with Crippen LogP contribution >= 0.6 is 0 Å². The van der Waals surface area contributed by atoms with Gasteiger partial charge in [0.1, 0.15) is 0 Å². The lowest BCUT2D eigenvalue weighted by Crippen LogP contribution is -2.45. The fourth-order valence-corrected chi connectivity index (χ4v) is 9.56. The van der Waals surface area contributed by atoms with E-state index in [1.165, 1.54) is 82.7 Å². The molecule has 4 nitrogen and oxygen atoms in total. The number of benzene rings is 1. The Morgan fingerprint density at radius 1 is 0.718 bits per heavy atom. The Kier molecular flexibility index (Phi) is 12.4. The molecule has 0 aliphatic carbocycles. The first-order chi connectivity index (χ1) is 18.8. The summed E-state index contributed by atoms with van der Waals surface area (Å²) in [5.41, 5.74) is 3.16. The number of para-hydroxylation sites is 1. The predicted octanol–water partition coefficient (Wildman–Crippen LogP) is 9.46. The van der Waals surface area contributed by atoms with Crippen LogP contribution in [0.5, 0.6) is 0 Å². The molecule has 1 aromatic rings. The number of fused-ring (bicyclic) bond motifs is 1. The number of hydrogen-bond acceptors (Lipinski definition) is 3. The van der Waals surface area contributed by atoms with E-state index in [1.54, 1.807) is 0 Å². The fraction of sp³-hybridized carbons (Fsp3) is 0.765. The van der Waals surface area contributed by atoms with Gasteiger partial charge >= 0.3 is 10.0 Å². The second kappa shape index (κ2) is 15.1. The standard InChI is InChI=1S/C34H59N2O2S/c1-6-9-11-13-15-17-19-23-27-36(28-24-20-18-16-14-12-10-7-2)33(39(36,37)38)31-29-34(4,5)35(8-3)32-26-22-21-25-30(31)32/h21-22,25-26,29,33H,6-20,23-24,27-28H2,1-5H3/q+1. The average Bonchev–Trinajstić information content (AvgIpc) is 3.39. The number of hydrogen-bond donors (Lipinski definition) is 0. The highest BCUT2D eigenvalue weighted by atomic mass is 32.2. The summed E-state index contributed by atoms with van der Waals surface area (Å²) in [5.74, 6) is 0. The van der Waals surface area contributed by atoms with Gasteiger partial charge in [-0.3, -0.25) is 0 Å². The highest BCUT2D eigenvalue weighted by Gasteiger charge is 2.74. The number of nitrogens with zero attached hydrogens (tertiary/aromatic N) is 2. The smallest absolute Gasteiger partial charge is 0.358 e. The Bertz CT molecular complexity index is 994. The molecule has 0 bridgehead atoms. The Balaban J connectivity index is 1.73. The van der Waals surface area contributed by atoms with Crippen molar-refractivity contribution in [3.05, 3.63) is 35.9 Å². The molecule has 2 aliphatic heterocycles. The van der Waals surface area contributed by atoms with Gasteiger partial charge in [0.05, 0.1) is 18.6 Å². The van der Waals surface area contributed by atoms with Crippen molar-refractivity contribution in [3.8, 4) is 0 Å². The van der Waals surface area contributed by atoms with Crippen LogP contribution in [0.15, 0.2) is 30.3 Å². The summed E-state index contributed by atoms with van der Waals surface area (Å²) < 4.78 is 28.3. The summed E-state index contributed by atoms with van der Waals surface area (Å²) in [4.78, 5) is 2.41. The van der Waals surface area contributed by atoms with Gasteiger partial charge in [-0.05, 0) is 58.6 Å². The maximum atomic E-state index is 14.0. The van der Waals surface area contributed by atoms with Crippen LogP contribution in [0, 0.1) is 0 Å². The van der Waals surface area contributed by atoms with Crippen molar-refractivity contribution in [2.24, 2.45) is 0 Å². The lowest BCUT2D eigenvalue weighted by molar-refractivity contribution is -0.746. The molecule has 2 aliphatic rings. The Morgan fingerprint density at radius 3 is 1.67 bits per heavy atom. The molecule has 1 saturated heterocycles. The molecule has 1 aromatic carbocycles. The number of sulfonamides is 1. The molecule has 222 valence electrons. The number of anilines is 1. The van der Waals surface area contributed by atoms with Crippen LogP contribution < -0.4 is 4.90 Å². The van der Waals surface area contributed by atoms with Crippen molar-refractivity contribution in [2.75, 3.05) is 24.5 Å². The van der Waals surface area contributed by atoms with Gasteiger partial charge in [-0.2, -0.15) is 12.3 Å². The van der Waals surface area contributed by atoms with E-state index in [0.29, 0.717) is 3.89 Å². The minimum atomic E-state index is -3.24. The molecule has 0 N–H and O–H groups in total. The van der Waals surface area contributed by atoms with E-state index in [1.807, 2.05) is 0 Å². The predicted molar refractivity (Wildman–Crippen MR) is 169 cm³/mol. The van der Waals surface area contributed by atoms with Gasteiger partial charge in [0.25, 0.3) is 5.37 Å². The molecular formula is C34H59N2O2S+. The molecule has 1 atom stereocenters. The quantitative estimate of drug-likeness (QED) is 0.0907. The Morgan fingerprint density at radius 2 is 1.18 bits per heavy atom. The van der Waals surface area contributed by atoms with Gasteiger partial charge in [-0.25, -0.2) is 0 Å². The molecule has 1 fully saturated rings. The molecule has 0 saturated carbocycles. The van der Waals surface area contributed by atoms with E-state index in [2.05, 4.69) is 69.9 Å². The summed E-state index contributed by atoms with van der Waals surface area (Å²) in [7, 11) is -3.24. The minimum Gasteiger partial charge on any atom is -0.363 e. The van der Waals surface area contributed by atoms with Crippen molar-refractivity contribution in [3.63, 3.8) is 0 Å². The van der Waals surface area contributed by atoms with Crippen molar-refractivity contribution >= 4 is 21.3 Å². The highest BCUT2D eigenvalue weighted by Crippen LogP contribution is 2.54. The summed E-state index contributed by atoms with van der Waals surface area (Å²) in [6.07, 6.45) is 22.2. The van der Waals surface area contributed by atoms with E-state index in [9.17, 15) is 8.42 Å². The van der Waals surface area contributed by atoms with Crippen LogP contribution in [0.4, 0.5) is 5.69 Å². The molecule has 0 spiro atoms. The fourth-order valence-electron chi connectivity index (χ4n) is 6.99. The minimum absolute atomic E-state index is 0.205. The molecule has 2 heterocycles. The summed E-state index contributed by atoms with van der Waals surface area (Å²) in [5, 5.41) is -0.397. The number of unbranched alkanes of at least 4 members (excludes halogenated alkanes) is 14. The van der Waals surface area contributed by atoms with Crippen LogP contribution in [0.3, 0.4) is 0 Å². The van der Waals surface area contributed by atoms with Crippen LogP contribution in [-0.2, 0) is 10.0 Å². The van der Waals surface area contributed by atoms with Crippen molar-refractivity contribution in [1.29, 1.82) is 0 Å². The van der Waals surface area contributed by atoms with Gasteiger partial charge in [-0.1, -0.05) is 109 Å². The summed E-state index contributed by atoms with van der Waals surface area (Å²) in [6, 6.07) is 8.48. The third-order valence-electron chi connectivity index (χ3n) is 9.24. The van der Waals surface area contributed by atoms with Gasteiger partial charge in [0.2, 0.25) is 0 Å². The van der Waals surface area contributed by atoms with Crippen LogP contribution in [-0.4, -0.2) is 42.9 Å². The average molecular weight is 560 g/mol. The molecule has 0 aromatic heterocycles. The molecule has 5 heteroatoms. The van der Waals surface area contributed by atoms with Crippen molar-refractivity contribution in [1.82, 2.24) is 0 Å². The monoisotopic (exact) mass is 559 g/mol. The van der Waals surface area contributed by atoms with E-state index in [0.717, 1.165) is 56.5 Å². The van der Waals surface area contributed by atoms with Crippen LogP contribution in [0.25, 0.3) is 5.57 Å². The molecule has 0 radical (unpaired) electrons. The maximum absolute atomic E-state index is 14.0. The molecule has 3 rings (SSSR count). The lowest BCUT2D eigenvalue weighted by Gasteiger charge is -2.42.